The number of hydrogen-bond donors (Lipinski definition) is 1. The maximum Gasteiger partial charge on any atom is 0.406 e. The van der Waals surface area contributed by atoms with Gasteiger partial charge in [-0.3, -0.25) is 0 Å². The lowest BCUT2D eigenvalue weighted by molar-refractivity contribution is -0.139. The van der Waals surface area contributed by atoms with Crippen molar-refractivity contribution in [3.8, 4) is 0 Å². The highest BCUT2D eigenvalue weighted by molar-refractivity contribution is 5.78. The molecule has 0 fully saturated rings. The SMILES string of the molecule is Nc1ccc2ncn(CC(F)(F)F)c2c1. The molecule has 0 saturated heterocycles. The van der Waals surface area contributed by atoms with Gasteiger partial charge in [0.15, 0.2) is 0 Å². The van der Waals surface area contributed by atoms with Crippen LogP contribution in [0, 0.1) is 0 Å². The topological polar surface area (TPSA) is 43.8 Å². The number of nitrogens with two attached hydrogens (primary N) is 1. The first-order valence-electron chi connectivity index (χ1n) is 4.23. The molecule has 0 bridgehead atoms. The number of rotatable bonds is 1. The van der Waals surface area contributed by atoms with Crippen LogP contribution in [0.4, 0.5) is 18.9 Å². The van der Waals surface area contributed by atoms with Crippen LogP contribution in [0.5, 0.6) is 0 Å². The predicted octanol–water partition coefficient (Wildman–Crippen LogP) is 2.18. The highest BCUT2D eigenvalue weighted by Crippen LogP contribution is 2.22. The van der Waals surface area contributed by atoms with Crippen molar-refractivity contribution in [2.45, 2.75) is 12.7 Å². The van der Waals surface area contributed by atoms with Crippen LogP contribution in [-0.4, -0.2) is 15.7 Å². The molecule has 15 heavy (non-hydrogen) atoms. The van der Waals surface area contributed by atoms with Gasteiger partial charge in [-0.15, -0.1) is 0 Å². The molecule has 0 amide bonds. The van der Waals surface area contributed by atoms with Crippen molar-refractivity contribution < 1.29 is 13.2 Å². The van der Waals surface area contributed by atoms with Crippen molar-refractivity contribution in [2.24, 2.45) is 0 Å². The van der Waals surface area contributed by atoms with Gasteiger partial charge >= 0.3 is 6.18 Å². The molecule has 1 aromatic heterocycles. The summed E-state index contributed by atoms with van der Waals surface area (Å²) in [6.07, 6.45) is -3.09. The zero-order valence-corrected chi connectivity index (χ0v) is 7.62. The summed E-state index contributed by atoms with van der Waals surface area (Å²) in [4.78, 5) is 3.85. The number of halogens is 3. The molecule has 6 heteroatoms. The van der Waals surface area contributed by atoms with Gasteiger partial charge in [0.25, 0.3) is 0 Å². The third kappa shape index (κ3) is 2.03. The summed E-state index contributed by atoms with van der Waals surface area (Å²) in [5, 5.41) is 0. The van der Waals surface area contributed by atoms with Crippen LogP contribution in [0.15, 0.2) is 24.5 Å². The van der Waals surface area contributed by atoms with Gasteiger partial charge in [0.05, 0.1) is 17.4 Å². The Morgan fingerprint density at radius 2 is 2.07 bits per heavy atom. The first-order valence-corrected chi connectivity index (χ1v) is 4.23. The van der Waals surface area contributed by atoms with E-state index in [2.05, 4.69) is 4.98 Å². The second-order valence-electron chi connectivity index (χ2n) is 3.24. The minimum absolute atomic E-state index is 0.396. The average molecular weight is 215 g/mol. The Labute approximate surface area is 83.3 Å². The number of anilines is 1. The molecule has 2 aromatic rings. The number of alkyl halides is 3. The minimum atomic E-state index is -4.25. The highest BCUT2D eigenvalue weighted by atomic mass is 19.4. The molecule has 0 spiro atoms. The fraction of sp³-hybridized carbons (Fsp3) is 0.222. The highest BCUT2D eigenvalue weighted by Gasteiger charge is 2.28. The maximum absolute atomic E-state index is 12.2. The van der Waals surface area contributed by atoms with E-state index >= 15 is 0 Å². The molecule has 0 unspecified atom stereocenters. The fourth-order valence-corrected chi connectivity index (χ4v) is 1.39. The zero-order valence-electron chi connectivity index (χ0n) is 7.62. The zero-order chi connectivity index (χ0) is 11.1. The fourth-order valence-electron chi connectivity index (χ4n) is 1.39. The lowest BCUT2D eigenvalue weighted by atomic mass is 10.3. The van der Waals surface area contributed by atoms with Crippen LogP contribution < -0.4 is 5.73 Å². The summed E-state index contributed by atoms with van der Waals surface area (Å²) in [5.74, 6) is 0. The van der Waals surface area contributed by atoms with Crippen LogP contribution in [0.25, 0.3) is 11.0 Å². The first kappa shape index (κ1) is 9.82. The summed E-state index contributed by atoms with van der Waals surface area (Å²) in [5.41, 5.74) is 6.82. The smallest absolute Gasteiger partial charge is 0.399 e. The number of nitrogens with zero attached hydrogens (tertiary/aromatic N) is 2. The van der Waals surface area contributed by atoms with Gasteiger partial charge in [-0.1, -0.05) is 0 Å². The van der Waals surface area contributed by atoms with Gasteiger partial charge in [0.2, 0.25) is 0 Å². The lowest BCUT2D eigenvalue weighted by Crippen LogP contribution is -2.16. The molecule has 1 aromatic carbocycles. The minimum Gasteiger partial charge on any atom is -0.399 e. The Morgan fingerprint density at radius 3 is 2.73 bits per heavy atom. The van der Waals surface area contributed by atoms with Crippen LogP contribution in [-0.2, 0) is 6.54 Å². The van der Waals surface area contributed by atoms with Crippen molar-refractivity contribution in [1.29, 1.82) is 0 Å². The molecule has 0 saturated carbocycles. The maximum atomic E-state index is 12.2. The molecule has 0 aliphatic heterocycles. The molecule has 80 valence electrons. The Hall–Kier alpha value is -1.72. The van der Waals surface area contributed by atoms with Crippen molar-refractivity contribution in [3.63, 3.8) is 0 Å². The van der Waals surface area contributed by atoms with E-state index in [1.54, 1.807) is 12.1 Å². The molecular weight excluding hydrogens is 207 g/mol. The normalized spacial score (nSPS) is 12.2. The van der Waals surface area contributed by atoms with Crippen molar-refractivity contribution in [3.05, 3.63) is 24.5 Å². The second kappa shape index (κ2) is 3.15. The predicted molar refractivity (Wildman–Crippen MR) is 50.2 cm³/mol. The summed E-state index contributed by atoms with van der Waals surface area (Å²) in [7, 11) is 0. The van der Waals surface area contributed by atoms with Gasteiger partial charge in [-0.2, -0.15) is 13.2 Å². The number of fused-ring (bicyclic) bond motifs is 1. The van der Waals surface area contributed by atoms with E-state index in [0.29, 0.717) is 16.7 Å². The lowest BCUT2D eigenvalue weighted by Gasteiger charge is -2.07. The Bertz CT molecular complexity index is 487. The number of nitrogen functional groups attached to an aromatic ring is 1. The van der Waals surface area contributed by atoms with E-state index in [0.717, 1.165) is 10.9 Å². The van der Waals surface area contributed by atoms with Gasteiger partial charge < -0.3 is 10.3 Å². The number of imidazole rings is 1. The molecule has 2 N–H and O–H groups in total. The largest absolute Gasteiger partial charge is 0.406 e. The van der Waals surface area contributed by atoms with Gasteiger partial charge in [-0.25, -0.2) is 4.98 Å². The monoisotopic (exact) mass is 215 g/mol. The Morgan fingerprint density at radius 1 is 1.33 bits per heavy atom. The van der Waals surface area contributed by atoms with Gasteiger partial charge in [0, 0.05) is 5.69 Å². The van der Waals surface area contributed by atoms with Crippen LogP contribution >= 0.6 is 0 Å². The molecule has 0 atom stereocenters. The molecule has 0 aliphatic carbocycles. The van der Waals surface area contributed by atoms with E-state index in [1.165, 1.54) is 6.07 Å². The standard InChI is InChI=1S/C9H8F3N3/c10-9(11,12)4-15-5-14-7-2-1-6(13)3-8(7)15/h1-3,5H,4,13H2. The van der Waals surface area contributed by atoms with Crippen LogP contribution in [0.3, 0.4) is 0 Å². The van der Waals surface area contributed by atoms with E-state index in [9.17, 15) is 13.2 Å². The molecule has 1 heterocycles. The quantitative estimate of drug-likeness (QED) is 0.741. The van der Waals surface area contributed by atoms with E-state index < -0.39 is 12.7 Å². The van der Waals surface area contributed by atoms with Gasteiger partial charge in [0.1, 0.15) is 6.54 Å². The molecule has 0 aliphatic rings. The van der Waals surface area contributed by atoms with E-state index in [4.69, 9.17) is 5.73 Å². The van der Waals surface area contributed by atoms with E-state index in [-0.39, 0.29) is 0 Å². The molecule has 0 radical (unpaired) electrons. The number of aromatic nitrogens is 2. The summed E-state index contributed by atoms with van der Waals surface area (Å²) in [6, 6.07) is 4.68. The van der Waals surface area contributed by atoms with Crippen molar-refractivity contribution >= 4 is 16.7 Å². The Kier molecular flexibility index (Phi) is 2.06. The third-order valence-electron chi connectivity index (χ3n) is 1.99. The van der Waals surface area contributed by atoms with Crippen molar-refractivity contribution in [2.75, 3.05) is 5.73 Å². The number of benzene rings is 1. The van der Waals surface area contributed by atoms with Crippen LogP contribution in [0.2, 0.25) is 0 Å². The summed E-state index contributed by atoms with van der Waals surface area (Å²) >= 11 is 0. The average Bonchev–Trinajstić information content (AvgIpc) is 2.46. The Balaban J connectivity index is 2.48. The molecule has 2 rings (SSSR count). The summed E-state index contributed by atoms with van der Waals surface area (Å²) in [6.45, 7) is -1.05. The number of hydrogen-bond acceptors (Lipinski definition) is 2. The third-order valence-corrected chi connectivity index (χ3v) is 1.99. The van der Waals surface area contributed by atoms with Crippen molar-refractivity contribution in [1.82, 2.24) is 9.55 Å². The molecule has 3 nitrogen and oxygen atoms in total. The van der Waals surface area contributed by atoms with E-state index in [1.807, 2.05) is 0 Å². The second-order valence-corrected chi connectivity index (χ2v) is 3.24. The summed E-state index contributed by atoms with van der Waals surface area (Å²) < 4.78 is 37.5. The first-order chi connectivity index (χ1) is 6.96. The van der Waals surface area contributed by atoms with Gasteiger partial charge in [-0.05, 0) is 18.2 Å². The molecular formula is C9H8F3N3. The van der Waals surface area contributed by atoms with Crippen LogP contribution in [0.1, 0.15) is 0 Å².